The Morgan fingerprint density at radius 2 is 1.73 bits per heavy atom. The Hall–Kier alpha value is 0.0500. The molecule has 0 aromatic heterocycles. The Bertz CT molecular complexity index is 311. The third kappa shape index (κ3) is 7.55. The molecule has 1 saturated carbocycles. The summed E-state index contributed by atoms with van der Waals surface area (Å²) in [6.45, 7) is 10.6. The van der Waals surface area contributed by atoms with Crippen LogP contribution in [-0.4, -0.2) is 21.7 Å². The van der Waals surface area contributed by atoms with E-state index in [2.05, 4.69) is 20.4 Å². The van der Waals surface area contributed by atoms with Gasteiger partial charge in [-0.3, -0.25) is 0 Å². The Labute approximate surface area is 143 Å². The first-order chi connectivity index (χ1) is 10.5. The molecule has 3 atom stereocenters. The van der Waals surface area contributed by atoms with Crippen molar-refractivity contribution in [3.05, 3.63) is 12.2 Å². The van der Waals surface area contributed by atoms with E-state index >= 15 is 0 Å². The number of unbranched alkanes of at least 4 members (excludes halogenated alkanes) is 7. The smallest absolute Gasteiger partial charge is 0.0738 e. The van der Waals surface area contributed by atoms with Crippen LogP contribution in [0.2, 0.25) is 0 Å². The number of aliphatic hydroxyl groups is 1. The van der Waals surface area contributed by atoms with Gasteiger partial charge in [-0.25, -0.2) is 0 Å². The van der Waals surface area contributed by atoms with Crippen LogP contribution in [0, 0.1) is 5.92 Å². The molecule has 1 N–H and O–H groups in total. The molecule has 0 heterocycles. The summed E-state index contributed by atoms with van der Waals surface area (Å²) < 4.78 is 0. The van der Waals surface area contributed by atoms with E-state index in [1.54, 1.807) is 0 Å². The van der Waals surface area contributed by atoms with Gasteiger partial charge in [-0.05, 0) is 51.2 Å². The molecule has 0 amide bonds. The maximum Gasteiger partial charge on any atom is 0.0738 e. The molecule has 0 aromatic rings. The van der Waals surface area contributed by atoms with E-state index in [0.717, 1.165) is 19.3 Å². The van der Waals surface area contributed by atoms with Gasteiger partial charge in [0, 0.05) is 5.25 Å². The SMILES string of the molecule is C=C(C)[C@@H]1CC[C@](C)(O)[C@@H](SCCCCCCCCCC)C1. The van der Waals surface area contributed by atoms with Gasteiger partial charge in [0.25, 0.3) is 0 Å². The van der Waals surface area contributed by atoms with Crippen molar-refractivity contribution in [3.63, 3.8) is 0 Å². The van der Waals surface area contributed by atoms with Crippen molar-refractivity contribution in [1.82, 2.24) is 0 Å². The number of thioether (sulfide) groups is 1. The zero-order valence-corrected chi connectivity index (χ0v) is 16.0. The Morgan fingerprint density at radius 1 is 1.14 bits per heavy atom. The van der Waals surface area contributed by atoms with Crippen LogP contribution in [0.15, 0.2) is 12.2 Å². The van der Waals surface area contributed by atoms with Crippen LogP contribution in [0.4, 0.5) is 0 Å². The quantitative estimate of drug-likeness (QED) is 0.352. The predicted octanol–water partition coefficient (Wildman–Crippen LogP) is 6.36. The molecule has 0 bridgehead atoms. The highest BCUT2D eigenvalue weighted by molar-refractivity contribution is 7.99. The molecule has 0 aliphatic heterocycles. The molecule has 2 heteroatoms. The van der Waals surface area contributed by atoms with Crippen molar-refractivity contribution in [1.29, 1.82) is 0 Å². The number of hydrogen-bond donors (Lipinski definition) is 1. The molecule has 0 spiro atoms. The van der Waals surface area contributed by atoms with Crippen LogP contribution < -0.4 is 0 Å². The molecule has 0 unspecified atom stereocenters. The summed E-state index contributed by atoms with van der Waals surface area (Å²) >= 11 is 2.01. The first-order valence-electron chi connectivity index (χ1n) is 9.46. The van der Waals surface area contributed by atoms with Gasteiger partial charge >= 0.3 is 0 Å². The van der Waals surface area contributed by atoms with E-state index in [0.29, 0.717) is 11.2 Å². The topological polar surface area (TPSA) is 20.2 Å². The Morgan fingerprint density at radius 3 is 2.32 bits per heavy atom. The fraction of sp³-hybridized carbons (Fsp3) is 0.900. The van der Waals surface area contributed by atoms with Crippen LogP contribution in [0.5, 0.6) is 0 Å². The maximum absolute atomic E-state index is 10.6. The highest BCUT2D eigenvalue weighted by Crippen LogP contribution is 2.41. The standard InChI is InChI=1S/C20H38OS/c1-5-6-7-8-9-10-11-12-15-22-19-16-18(17(2)3)13-14-20(19,4)21/h18-19,21H,2,5-16H2,1,3-4H3/t18-,19+,20+/m1/s1. The largest absolute Gasteiger partial charge is 0.389 e. The van der Waals surface area contributed by atoms with E-state index in [1.807, 2.05) is 18.7 Å². The van der Waals surface area contributed by atoms with Crippen molar-refractivity contribution in [2.24, 2.45) is 5.92 Å². The summed E-state index contributed by atoms with van der Waals surface area (Å²) in [5, 5.41) is 11.0. The summed E-state index contributed by atoms with van der Waals surface area (Å²) in [5.74, 6) is 1.83. The highest BCUT2D eigenvalue weighted by Gasteiger charge is 2.38. The summed E-state index contributed by atoms with van der Waals surface area (Å²) in [6.07, 6.45) is 14.2. The minimum Gasteiger partial charge on any atom is -0.389 e. The number of rotatable bonds is 11. The molecule has 130 valence electrons. The van der Waals surface area contributed by atoms with Crippen LogP contribution in [-0.2, 0) is 0 Å². The molecule has 1 aliphatic rings. The zero-order chi connectivity index (χ0) is 16.4. The average molecular weight is 327 g/mol. The summed E-state index contributed by atoms with van der Waals surface area (Å²) in [5.41, 5.74) is 0.824. The van der Waals surface area contributed by atoms with Gasteiger partial charge in [0.1, 0.15) is 0 Å². The van der Waals surface area contributed by atoms with Crippen LogP contribution in [0.3, 0.4) is 0 Å². The van der Waals surface area contributed by atoms with Gasteiger partial charge in [0.15, 0.2) is 0 Å². The van der Waals surface area contributed by atoms with Crippen LogP contribution in [0.25, 0.3) is 0 Å². The van der Waals surface area contributed by atoms with Crippen molar-refractivity contribution >= 4 is 11.8 Å². The normalized spacial score (nSPS) is 28.7. The molecule has 1 fully saturated rings. The van der Waals surface area contributed by atoms with E-state index in [9.17, 15) is 5.11 Å². The monoisotopic (exact) mass is 326 g/mol. The molecular weight excluding hydrogens is 288 g/mol. The van der Waals surface area contributed by atoms with Crippen molar-refractivity contribution in [2.45, 2.75) is 102 Å². The van der Waals surface area contributed by atoms with Crippen molar-refractivity contribution in [3.8, 4) is 0 Å². The molecule has 0 radical (unpaired) electrons. The number of allylic oxidation sites excluding steroid dienone is 1. The van der Waals surface area contributed by atoms with Gasteiger partial charge in [-0.15, -0.1) is 0 Å². The molecule has 0 saturated heterocycles. The van der Waals surface area contributed by atoms with Crippen LogP contribution >= 0.6 is 11.8 Å². The molecule has 22 heavy (non-hydrogen) atoms. The third-order valence-electron chi connectivity index (χ3n) is 5.21. The van der Waals surface area contributed by atoms with Crippen LogP contribution in [0.1, 0.15) is 91.4 Å². The van der Waals surface area contributed by atoms with E-state index in [-0.39, 0.29) is 0 Å². The summed E-state index contributed by atoms with van der Waals surface area (Å²) in [6, 6.07) is 0. The summed E-state index contributed by atoms with van der Waals surface area (Å²) in [7, 11) is 0. The maximum atomic E-state index is 10.6. The lowest BCUT2D eigenvalue weighted by molar-refractivity contribution is 0.0194. The second kappa shape index (κ2) is 10.8. The third-order valence-corrected chi connectivity index (χ3v) is 6.83. The minimum atomic E-state index is -0.475. The van der Waals surface area contributed by atoms with Gasteiger partial charge in [0.2, 0.25) is 0 Å². The fourth-order valence-corrected chi connectivity index (χ4v) is 4.91. The zero-order valence-electron chi connectivity index (χ0n) is 15.2. The Kier molecular flexibility index (Phi) is 9.82. The van der Waals surface area contributed by atoms with Gasteiger partial charge in [-0.1, -0.05) is 64.0 Å². The molecule has 1 aliphatic carbocycles. The second-order valence-corrected chi connectivity index (χ2v) is 8.82. The molecule has 0 aromatic carbocycles. The predicted molar refractivity (Wildman–Crippen MR) is 102 cm³/mol. The van der Waals surface area contributed by atoms with Gasteiger partial charge < -0.3 is 5.11 Å². The molecule has 1 nitrogen and oxygen atoms in total. The summed E-state index contributed by atoms with van der Waals surface area (Å²) in [4.78, 5) is 0. The lowest BCUT2D eigenvalue weighted by atomic mass is 9.77. The van der Waals surface area contributed by atoms with E-state index in [4.69, 9.17) is 0 Å². The first kappa shape index (κ1) is 20.1. The lowest BCUT2D eigenvalue weighted by Crippen LogP contribution is -2.43. The van der Waals surface area contributed by atoms with Gasteiger partial charge in [0.05, 0.1) is 5.60 Å². The van der Waals surface area contributed by atoms with Gasteiger partial charge in [-0.2, -0.15) is 11.8 Å². The number of hydrogen-bond acceptors (Lipinski definition) is 2. The Balaban J connectivity index is 2.12. The molecular formula is C20H38OS. The van der Waals surface area contributed by atoms with E-state index in [1.165, 1.54) is 62.7 Å². The minimum absolute atomic E-state index is 0.396. The van der Waals surface area contributed by atoms with E-state index < -0.39 is 5.60 Å². The second-order valence-electron chi connectivity index (χ2n) is 7.51. The first-order valence-corrected chi connectivity index (χ1v) is 10.5. The fourth-order valence-electron chi connectivity index (χ4n) is 3.41. The van der Waals surface area contributed by atoms with Crippen molar-refractivity contribution < 1.29 is 5.11 Å². The average Bonchev–Trinajstić information content (AvgIpc) is 2.46. The highest BCUT2D eigenvalue weighted by atomic mass is 32.2. The molecule has 1 rings (SSSR count). The lowest BCUT2D eigenvalue weighted by Gasteiger charge is -2.40. The van der Waals surface area contributed by atoms with Crippen molar-refractivity contribution in [2.75, 3.05) is 5.75 Å².